The van der Waals surface area contributed by atoms with Gasteiger partial charge in [-0.15, -0.1) is 0 Å². The molecule has 4 aromatic rings. The van der Waals surface area contributed by atoms with E-state index in [1.165, 1.54) is 29.2 Å². The predicted molar refractivity (Wildman–Crippen MR) is 139 cm³/mol. The van der Waals surface area contributed by atoms with Crippen LogP contribution < -0.4 is 9.64 Å². The van der Waals surface area contributed by atoms with Crippen molar-refractivity contribution >= 4 is 38.4 Å². The maximum absolute atomic E-state index is 13.8. The van der Waals surface area contributed by atoms with Crippen molar-refractivity contribution in [3.05, 3.63) is 88.8 Å². The fourth-order valence-electron chi connectivity index (χ4n) is 4.35. The normalized spacial score (nSPS) is 15.7. The Morgan fingerprint density at radius 2 is 2.03 bits per heavy atom. The van der Waals surface area contributed by atoms with Gasteiger partial charge in [0.05, 0.1) is 28.4 Å². The molecule has 0 saturated carbocycles. The Kier molecular flexibility index (Phi) is 6.80. The zero-order valence-corrected chi connectivity index (χ0v) is 21.2. The molecule has 0 spiro atoms. The minimum Gasteiger partial charge on any atom is -0.503 e. The molecule has 5 rings (SSSR count). The number of aliphatic hydroxyl groups excluding tert-OH is 1. The molecule has 1 aliphatic rings. The van der Waals surface area contributed by atoms with Crippen LogP contribution in [0.5, 0.6) is 5.75 Å². The van der Waals surface area contributed by atoms with Gasteiger partial charge in [-0.1, -0.05) is 43.2 Å². The topological polar surface area (TPSA) is 92.9 Å². The first-order chi connectivity index (χ1) is 17.9. The molecular formula is C28H25FN2O5S. The molecule has 1 N–H and O–H groups in total. The summed E-state index contributed by atoms with van der Waals surface area (Å²) in [5, 5.41) is 11.2. The first kappa shape index (κ1) is 24.7. The molecule has 0 aliphatic carbocycles. The summed E-state index contributed by atoms with van der Waals surface area (Å²) in [6, 6.07) is 13.4. The Balaban J connectivity index is 1.59. The Labute approximate surface area is 216 Å². The number of rotatable bonds is 9. The Morgan fingerprint density at radius 1 is 1.19 bits per heavy atom. The molecule has 7 nitrogen and oxygen atoms in total. The second-order valence-electron chi connectivity index (χ2n) is 8.82. The van der Waals surface area contributed by atoms with Gasteiger partial charge in [0.2, 0.25) is 5.78 Å². The number of amides is 1. The van der Waals surface area contributed by atoms with Gasteiger partial charge >= 0.3 is 0 Å². The van der Waals surface area contributed by atoms with Crippen molar-refractivity contribution in [1.82, 2.24) is 4.98 Å². The van der Waals surface area contributed by atoms with E-state index in [9.17, 15) is 19.1 Å². The second-order valence-corrected chi connectivity index (χ2v) is 9.83. The average molecular weight is 521 g/mol. The molecule has 1 aliphatic heterocycles. The number of ketones is 1. The van der Waals surface area contributed by atoms with Gasteiger partial charge in [0, 0.05) is 0 Å². The van der Waals surface area contributed by atoms with Gasteiger partial charge in [-0.2, -0.15) is 0 Å². The summed E-state index contributed by atoms with van der Waals surface area (Å²) in [5.74, 6) is -1.36. The summed E-state index contributed by atoms with van der Waals surface area (Å²) in [4.78, 5) is 32.7. The Hall–Kier alpha value is -3.98. The number of benzene rings is 2. The van der Waals surface area contributed by atoms with Crippen LogP contribution in [0.4, 0.5) is 9.52 Å². The third-order valence-corrected chi connectivity index (χ3v) is 7.17. The van der Waals surface area contributed by atoms with Gasteiger partial charge in [0.25, 0.3) is 5.91 Å². The first-order valence-corrected chi connectivity index (χ1v) is 12.9. The Morgan fingerprint density at radius 3 is 2.78 bits per heavy atom. The highest BCUT2D eigenvalue weighted by Gasteiger charge is 2.46. The average Bonchev–Trinajstić information content (AvgIpc) is 3.57. The van der Waals surface area contributed by atoms with Crippen LogP contribution in [-0.2, 0) is 4.79 Å². The van der Waals surface area contributed by atoms with Gasteiger partial charge in [0.1, 0.15) is 17.3 Å². The number of furan rings is 1. The third kappa shape index (κ3) is 4.74. The number of thiazole rings is 1. The number of hydrogen-bond donors (Lipinski definition) is 1. The zero-order chi connectivity index (χ0) is 26.1. The van der Waals surface area contributed by atoms with Crippen molar-refractivity contribution in [2.45, 2.75) is 39.2 Å². The molecule has 2 aromatic carbocycles. The highest BCUT2D eigenvalue weighted by Crippen LogP contribution is 2.44. The summed E-state index contributed by atoms with van der Waals surface area (Å²) in [6.45, 7) is 4.35. The van der Waals surface area contributed by atoms with E-state index in [0.29, 0.717) is 33.9 Å². The van der Waals surface area contributed by atoms with E-state index < -0.39 is 29.3 Å². The number of fused-ring (bicyclic) bond motifs is 1. The van der Waals surface area contributed by atoms with E-state index in [1.807, 2.05) is 0 Å². The molecule has 0 bridgehead atoms. The fourth-order valence-corrected chi connectivity index (χ4v) is 5.36. The molecule has 0 fully saturated rings. The van der Waals surface area contributed by atoms with E-state index in [-0.39, 0.29) is 16.5 Å². The number of ether oxygens (including phenoxy) is 1. The lowest BCUT2D eigenvalue weighted by molar-refractivity contribution is -0.117. The van der Waals surface area contributed by atoms with E-state index in [4.69, 9.17) is 9.15 Å². The van der Waals surface area contributed by atoms with Crippen molar-refractivity contribution in [2.75, 3.05) is 11.5 Å². The van der Waals surface area contributed by atoms with E-state index in [2.05, 4.69) is 11.9 Å². The fraction of sp³-hybridized carbons (Fsp3) is 0.250. The van der Waals surface area contributed by atoms with E-state index >= 15 is 0 Å². The third-order valence-electron chi connectivity index (χ3n) is 6.15. The van der Waals surface area contributed by atoms with Crippen LogP contribution in [0.25, 0.3) is 10.2 Å². The molecule has 1 atom stereocenters. The number of hydrogen-bond acceptors (Lipinski definition) is 7. The van der Waals surface area contributed by atoms with Crippen LogP contribution in [-0.4, -0.2) is 28.4 Å². The second kappa shape index (κ2) is 10.2. The minimum atomic E-state index is -0.991. The predicted octanol–water partition coefficient (Wildman–Crippen LogP) is 6.69. The van der Waals surface area contributed by atoms with Crippen LogP contribution in [0.2, 0.25) is 0 Å². The SMILES string of the molecule is CCCCCOc1cccc(C2C(C(=O)c3ccc(C)o3)=C(O)C(=O)N2c2nc3ccc(F)cc3s2)c1. The molecular weight excluding hydrogens is 495 g/mol. The largest absolute Gasteiger partial charge is 0.503 e. The number of carbonyl (C=O) groups is 2. The summed E-state index contributed by atoms with van der Waals surface area (Å²) >= 11 is 1.10. The smallest absolute Gasteiger partial charge is 0.296 e. The molecule has 190 valence electrons. The van der Waals surface area contributed by atoms with Gasteiger partial charge < -0.3 is 14.3 Å². The molecule has 0 radical (unpaired) electrons. The molecule has 3 heterocycles. The van der Waals surface area contributed by atoms with Crippen LogP contribution in [0.15, 0.2) is 70.3 Å². The quantitative estimate of drug-likeness (QED) is 0.195. The number of aromatic nitrogens is 1. The number of nitrogens with zero attached hydrogens (tertiary/aromatic N) is 2. The van der Waals surface area contributed by atoms with Crippen molar-refractivity contribution in [2.24, 2.45) is 0 Å². The van der Waals surface area contributed by atoms with Crippen molar-refractivity contribution in [1.29, 1.82) is 0 Å². The minimum absolute atomic E-state index is 0.0111. The summed E-state index contributed by atoms with van der Waals surface area (Å²) in [6.07, 6.45) is 3.01. The monoisotopic (exact) mass is 520 g/mol. The van der Waals surface area contributed by atoms with Gasteiger partial charge in [-0.05, 0) is 61.4 Å². The van der Waals surface area contributed by atoms with E-state index in [1.54, 1.807) is 37.3 Å². The molecule has 37 heavy (non-hydrogen) atoms. The van der Waals surface area contributed by atoms with Crippen molar-refractivity contribution in [3.8, 4) is 5.75 Å². The molecule has 9 heteroatoms. The lowest BCUT2D eigenvalue weighted by Crippen LogP contribution is -2.31. The number of unbranched alkanes of at least 4 members (excludes halogenated alkanes) is 2. The van der Waals surface area contributed by atoms with E-state index in [0.717, 1.165) is 30.6 Å². The van der Waals surface area contributed by atoms with Crippen LogP contribution in [0.3, 0.4) is 0 Å². The van der Waals surface area contributed by atoms with Crippen molar-refractivity contribution < 1.29 is 28.2 Å². The standard InChI is InChI=1S/C28H25FN2O5S/c1-3-4-5-13-35-19-8-6-7-17(14-19)24-23(25(32)21-12-9-16(2)36-21)26(33)27(34)31(24)28-30-20-11-10-18(29)15-22(20)37-28/h6-12,14-15,24,33H,3-5,13H2,1-2H3. The zero-order valence-electron chi connectivity index (χ0n) is 20.4. The maximum Gasteiger partial charge on any atom is 0.296 e. The molecule has 1 unspecified atom stereocenters. The maximum atomic E-state index is 13.8. The van der Waals surface area contributed by atoms with Crippen LogP contribution in [0.1, 0.15) is 54.1 Å². The van der Waals surface area contributed by atoms with Gasteiger partial charge in [-0.3, -0.25) is 14.5 Å². The highest BCUT2D eigenvalue weighted by atomic mass is 32.1. The molecule has 0 saturated heterocycles. The van der Waals surface area contributed by atoms with Crippen LogP contribution in [0, 0.1) is 12.7 Å². The lowest BCUT2D eigenvalue weighted by atomic mass is 9.95. The summed E-state index contributed by atoms with van der Waals surface area (Å²) in [7, 11) is 0. The molecule has 1 amide bonds. The number of aryl methyl sites for hydroxylation is 1. The summed E-state index contributed by atoms with van der Waals surface area (Å²) in [5.41, 5.74) is 0.942. The van der Waals surface area contributed by atoms with Crippen molar-refractivity contribution in [3.63, 3.8) is 0 Å². The number of carbonyl (C=O) groups excluding carboxylic acids is 2. The molecule has 2 aromatic heterocycles. The Bertz CT molecular complexity index is 1520. The van der Waals surface area contributed by atoms with Crippen LogP contribution >= 0.6 is 11.3 Å². The lowest BCUT2D eigenvalue weighted by Gasteiger charge is -2.24. The number of halogens is 1. The summed E-state index contributed by atoms with van der Waals surface area (Å²) < 4.78 is 25.8. The highest BCUT2D eigenvalue weighted by molar-refractivity contribution is 7.22. The number of anilines is 1. The van der Waals surface area contributed by atoms with Gasteiger partial charge in [-0.25, -0.2) is 9.37 Å². The number of Topliss-reactive ketones (excluding diaryl/α,β-unsaturated/α-hetero) is 1. The number of aliphatic hydroxyl groups is 1. The van der Waals surface area contributed by atoms with Gasteiger partial charge in [0.15, 0.2) is 16.7 Å². The first-order valence-electron chi connectivity index (χ1n) is 12.0.